The molecule has 3 aromatic rings. The van der Waals surface area contributed by atoms with E-state index in [0.29, 0.717) is 11.5 Å². The van der Waals surface area contributed by atoms with Gasteiger partial charge >= 0.3 is 0 Å². The lowest BCUT2D eigenvalue weighted by Crippen LogP contribution is -2.40. The number of phenols is 2. The molecule has 0 atom stereocenters. The van der Waals surface area contributed by atoms with Crippen LogP contribution in [0, 0.1) is 6.92 Å². The maximum absolute atomic E-state index is 10.5. The molecule has 5 heteroatoms. The molecule has 2 N–H and O–H groups in total. The molecule has 0 aliphatic carbocycles. The zero-order valence-electron chi connectivity index (χ0n) is 14.5. The summed E-state index contributed by atoms with van der Waals surface area (Å²) in [4.78, 5) is 0. The number of pyridine rings is 1. The first-order valence-electron chi connectivity index (χ1n) is 8.18. The van der Waals surface area contributed by atoms with Crippen LogP contribution in [0.1, 0.15) is 11.1 Å². The minimum Gasteiger partial charge on any atom is -0.504 e. The molecule has 0 saturated heterocycles. The monoisotopic (exact) mass is 338 g/mol. The van der Waals surface area contributed by atoms with Crippen LogP contribution in [0.4, 0.5) is 0 Å². The van der Waals surface area contributed by atoms with Gasteiger partial charge in [0.1, 0.15) is 0 Å². The Kier molecular flexibility index (Phi) is 3.46. The molecule has 0 unspecified atom stereocenters. The van der Waals surface area contributed by atoms with Crippen molar-refractivity contribution in [2.45, 2.75) is 19.9 Å². The second-order valence-electron chi connectivity index (χ2n) is 6.30. The average Bonchev–Trinajstić information content (AvgIpc) is 2.62. The van der Waals surface area contributed by atoms with E-state index >= 15 is 0 Å². The molecule has 4 rings (SSSR count). The van der Waals surface area contributed by atoms with Crippen LogP contribution in [0.15, 0.2) is 30.5 Å². The number of benzene rings is 2. The lowest BCUT2D eigenvalue weighted by Gasteiger charge is -2.19. The molecule has 0 spiro atoms. The third kappa shape index (κ3) is 2.19. The van der Waals surface area contributed by atoms with Gasteiger partial charge in [0, 0.05) is 17.4 Å². The van der Waals surface area contributed by atoms with Gasteiger partial charge in [-0.1, -0.05) is 0 Å². The van der Waals surface area contributed by atoms with Gasteiger partial charge in [0.25, 0.3) is 0 Å². The summed E-state index contributed by atoms with van der Waals surface area (Å²) in [7, 11) is 3.10. The maximum Gasteiger partial charge on any atom is 0.216 e. The first-order valence-corrected chi connectivity index (χ1v) is 8.18. The summed E-state index contributed by atoms with van der Waals surface area (Å²) in [5.74, 6) is 1.24. The van der Waals surface area contributed by atoms with Crippen LogP contribution in [0.25, 0.3) is 22.0 Å². The molecule has 5 nitrogen and oxygen atoms in total. The van der Waals surface area contributed by atoms with E-state index in [9.17, 15) is 10.2 Å². The van der Waals surface area contributed by atoms with Crippen molar-refractivity contribution in [1.29, 1.82) is 0 Å². The molecule has 0 saturated carbocycles. The quantitative estimate of drug-likeness (QED) is 0.705. The van der Waals surface area contributed by atoms with Gasteiger partial charge in [-0.3, -0.25) is 0 Å². The maximum atomic E-state index is 10.5. The summed E-state index contributed by atoms with van der Waals surface area (Å²) >= 11 is 0. The summed E-state index contributed by atoms with van der Waals surface area (Å²) in [5, 5.41) is 22.4. The minimum absolute atomic E-state index is 0.131. The summed E-state index contributed by atoms with van der Waals surface area (Å²) in [6.07, 6.45) is 2.79. The van der Waals surface area contributed by atoms with Gasteiger partial charge in [0.15, 0.2) is 35.7 Å². The predicted octanol–water partition coefficient (Wildman–Crippen LogP) is 3.09. The van der Waals surface area contributed by atoms with Gasteiger partial charge in [-0.2, -0.15) is 4.57 Å². The molecule has 1 aliphatic rings. The first-order chi connectivity index (χ1) is 12.0. The van der Waals surface area contributed by atoms with Crippen molar-refractivity contribution < 1.29 is 24.3 Å². The van der Waals surface area contributed by atoms with Crippen LogP contribution in [0.3, 0.4) is 0 Å². The molecule has 25 heavy (non-hydrogen) atoms. The van der Waals surface area contributed by atoms with Crippen LogP contribution in [-0.2, 0) is 13.0 Å². The molecule has 1 aromatic heterocycles. The van der Waals surface area contributed by atoms with Gasteiger partial charge < -0.3 is 19.7 Å². The number of ether oxygens (including phenoxy) is 2. The van der Waals surface area contributed by atoms with E-state index in [1.807, 2.05) is 25.3 Å². The van der Waals surface area contributed by atoms with Crippen molar-refractivity contribution in [2.24, 2.45) is 0 Å². The standard InChI is InChI=1S/C20H19NO4/c1-11-13-4-5-17(24-2)20(23)15(13)10-21-7-6-12-8-18(25-3)16(22)9-14(12)19(11)21/h4-5,8-10,22H,6-7H2,1-3H3/p+1. The number of aromatic hydroxyl groups is 2. The Labute approximate surface area is 145 Å². The molecule has 1 aliphatic heterocycles. The number of hydrogen-bond acceptors (Lipinski definition) is 4. The van der Waals surface area contributed by atoms with Crippen LogP contribution >= 0.6 is 0 Å². The molecule has 0 fully saturated rings. The number of nitrogens with zero attached hydrogens (tertiary/aromatic N) is 1. The highest BCUT2D eigenvalue weighted by Gasteiger charge is 2.29. The summed E-state index contributed by atoms with van der Waals surface area (Å²) < 4.78 is 12.6. The Morgan fingerprint density at radius 1 is 1.00 bits per heavy atom. The number of aromatic nitrogens is 1. The lowest BCUT2D eigenvalue weighted by molar-refractivity contribution is -0.686. The first kappa shape index (κ1) is 15.6. The van der Waals surface area contributed by atoms with Crippen molar-refractivity contribution in [1.82, 2.24) is 0 Å². The fourth-order valence-corrected chi connectivity index (χ4v) is 3.75. The van der Waals surface area contributed by atoms with Crippen molar-refractivity contribution >= 4 is 10.8 Å². The van der Waals surface area contributed by atoms with E-state index < -0.39 is 0 Å². The van der Waals surface area contributed by atoms with Crippen molar-refractivity contribution in [3.05, 3.63) is 41.6 Å². The second kappa shape index (κ2) is 5.55. The van der Waals surface area contributed by atoms with E-state index in [1.54, 1.807) is 26.4 Å². The van der Waals surface area contributed by atoms with Gasteiger partial charge in [-0.05, 0) is 36.8 Å². The fourth-order valence-electron chi connectivity index (χ4n) is 3.75. The number of aryl methyl sites for hydroxylation is 3. The molecule has 2 heterocycles. The number of phenolic OH excluding ortho intramolecular Hbond substituents is 2. The van der Waals surface area contributed by atoms with Crippen LogP contribution in [-0.4, -0.2) is 24.4 Å². The normalized spacial score (nSPS) is 12.6. The van der Waals surface area contributed by atoms with Crippen molar-refractivity contribution in [3.63, 3.8) is 0 Å². The number of hydrogen-bond donors (Lipinski definition) is 2. The lowest BCUT2D eigenvalue weighted by atomic mass is 9.92. The molecular weight excluding hydrogens is 318 g/mol. The predicted molar refractivity (Wildman–Crippen MR) is 94.5 cm³/mol. The fraction of sp³-hybridized carbons (Fsp3) is 0.250. The molecule has 128 valence electrons. The third-order valence-electron chi connectivity index (χ3n) is 5.01. The van der Waals surface area contributed by atoms with Gasteiger partial charge in [0.05, 0.1) is 25.2 Å². The molecule has 0 amide bonds. The smallest absolute Gasteiger partial charge is 0.216 e. The summed E-state index contributed by atoms with van der Waals surface area (Å²) in [6, 6.07) is 7.41. The Morgan fingerprint density at radius 2 is 1.76 bits per heavy atom. The number of methoxy groups -OCH3 is 2. The Bertz CT molecular complexity index is 1010. The van der Waals surface area contributed by atoms with Crippen LogP contribution < -0.4 is 14.0 Å². The summed E-state index contributed by atoms with van der Waals surface area (Å²) in [6.45, 7) is 2.83. The molecular formula is C20H20NO4+. The van der Waals surface area contributed by atoms with E-state index in [-0.39, 0.29) is 11.5 Å². The van der Waals surface area contributed by atoms with Crippen LogP contribution in [0.5, 0.6) is 23.0 Å². The number of fused-ring (bicyclic) bond motifs is 4. The topological polar surface area (TPSA) is 62.8 Å². The van der Waals surface area contributed by atoms with E-state index in [1.165, 1.54) is 0 Å². The second-order valence-corrected chi connectivity index (χ2v) is 6.30. The Morgan fingerprint density at radius 3 is 2.48 bits per heavy atom. The largest absolute Gasteiger partial charge is 0.504 e. The van der Waals surface area contributed by atoms with Crippen molar-refractivity contribution in [3.8, 4) is 34.3 Å². The van der Waals surface area contributed by atoms with E-state index in [0.717, 1.165) is 46.1 Å². The van der Waals surface area contributed by atoms with Gasteiger partial charge in [0.2, 0.25) is 5.69 Å². The van der Waals surface area contributed by atoms with Crippen LogP contribution in [0.2, 0.25) is 0 Å². The zero-order valence-corrected chi connectivity index (χ0v) is 14.5. The molecule has 0 radical (unpaired) electrons. The highest BCUT2D eigenvalue weighted by Crippen LogP contribution is 2.41. The zero-order chi connectivity index (χ0) is 17.7. The Hall–Kier alpha value is -2.95. The minimum atomic E-state index is 0.131. The van der Waals surface area contributed by atoms with Crippen molar-refractivity contribution in [2.75, 3.05) is 14.2 Å². The van der Waals surface area contributed by atoms with Gasteiger partial charge in [-0.15, -0.1) is 0 Å². The summed E-state index contributed by atoms with van der Waals surface area (Å²) in [5.41, 5.74) is 4.26. The molecule has 2 aromatic carbocycles. The third-order valence-corrected chi connectivity index (χ3v) is 5.01. The van der Waals surface area contributed by atoms with E-state index in [4.69, 9.17) is 9.47 Å². The van der Waals surface area contributed by atoms with Gasteiger partial charge in [-0.25, -0.2) is 0 Å². The molecule has 0 bridgehead atoms. The Balaban J connectivity index is 2.03. The highest BCUT2D eigenvalue weighted by atomic mass is 16.5. The average molecular weight is 338 g/mol. The number of rotatable bonds is 2. The highest BCUT2D eigenvalue weighted by molar-refractivity contribution is 5.94. The SMILES string of the molecule is COc1cc2c(cc1O)-c1c(C)c3ccc(OC)c(O)c3c[n+]1CC2. The van der Waals surface area contributed by atoms with E-state index in [2.05, 4.69) is 4.57 Å².